The molecule has 0 aliphatic carbocycles. The molecule has 1 aliphatic heterocycles. The SMILES string of the molecule is Cc1cccc(N2CC(S(=O)(=O)Cl)CC2=O)c1I. The van der Waals surface area contributed by atoms with Crippen molar-refractivity contribution in [2.24, 2.45) is 0 Å². The van der Waals surface area contributed by atoms with Crippen LogP contribution in [0.1, 0.15) is 12.0 Å². The van der Waals surface area contributed by atoms with Crippen molar-refractivity contribution < 1.29 is 13.2 Å². The van der Waals surface area contributed by atoms with Crippen molar-refractivity contribution in [2.75, 3.05) is 11.4 Å². The topological polar surface area (TPSA) is 54.5 Å². The maximum atomic E-state index is 11.9. The average molecular weight is 400 g/mol. The third kappa shape index (κ3) is 2.65. The van der Waals surface area contributed by atoms with Gasteiger partial charge >= 0.3 is 0 Å². The largest absolute Gasteiger partial charge is 0.310 e. The first-order valence-corrected chi connectivity index (χ1v) is 8.75. The van der Waals surface area contributed by atoms with Crippen molar-refractivity contribution in [3.63, 3.8) is 0 Å². The zero-order valence-corrected chi connectivity index (χ0v) is 13.3. The molecule has 1 aromatic rings. The van der Waals surface area contributed by atoms with Gasteiger partial charge in [-0.1, -0.05) is 12.1 Å². The molecule has 2 rings (SSSR count). The van der Waals surface area contributed by atoms with E-state index in [4.69, 9.17) is 10.7 Å². The lowest BCUT2D eigenvalue weighted by molar-refractivity contribution is -0.117. The predicted molar refractivity (Wildman–Crippen MR) is 79.4 cm³/mol. The molecule has 0 saturated carbocycles. The van der Waals surface area contributed by atoms with Crippen molar-refractivity contribution in [3.05, 3.63) is 27.3 Å². The molecule has 4 nitrogen and oxygen atoms in total. The molecule has 18 heavy (non-hydrogen) atoms. The molecule has 7 heteroatoms. The van der Waals surface area contributed by atoms with Gasteiger partial charge in [-0.05, 0) is 41.1 Å². The van der Waals surface area contributed by atoms with Gasteiger partial charge in [-0.25, -0.2) is 8.42 Å². The fraction of sp³-hybridized carbons (Fsp3) is 0.364. The van der Waals surface area contributed by atoms with Crippen molar-refractivity contribution in [1.29, 1.82) is 0 Å². The average Bonchev–Trinajstić information content (AvgIpc) is 2.64. The van der Waals surface area contributed by atoms with Gasteiger partial charge in [-0.2, -0.15) is 0 Å². The number of carbonyl (C=O) groups is 1. The molecule has 1 heterocycles. The molecule has 1 atom stereocenters. The summed E-state index contributed by atoms with van der Waals surface area (Å²) < 4.78 is 23.5. The summed E-state index contributed by atoms with van der Waals surface area (Å²) >= 11 is 2.16. The van der Waals surface area contributed by atoms with Crippen molar-refractivity contribution in [3.8, 4) is 0 Å². The number of aryl methyl sites for hydroxylation is 1. The van der Waals surface area contributed by atoms with Gasteiger partial charge in [0.2, 0.25) is 15.0 Å². The lowest BCUT2D eigenvalue weighted by Gasteiger charge is -2.18. The van der Waals surface area contributed by atoms with Crippen LogP contribution in [0, 0.1) is 10.5 Å². The van der Waals surface area contributed by atoms with E-state index in [1.165, 1.54) is 4.90 Å². The minimum absolute atomic E-state index is 0.0458. The number of amides is 1. The smallest absolute Gasteiger partial charge is 0.237 e. The predicted octanol–water partition coefficient (Wildman–Crippen LogP) is 2.27. The molecule has 98 valence electrons. The highest BCUT2D eigenvalue weighted by Crippen LogP contribution is 2.31. The summed E-state index contributed by atoms with van der Waals surface area (Å²) in [5.74, 6) is -0.201. The van der Waals surface area contributed by atoms with Crippen LogP contribution >= 0.6 is 33.3 Å². The monoisotopic (exact) mass is 399 g/mol. The molecular weight excluding hydrogens is 389 g/mol. The van der Waals surface area contributed by atoms with Gasteiger partial charge < -0.3 is 4.90 Å². The first-order valence-electron chi connectivity index (χ1n) is 5.29. The lowest BCUT2D eigenvalue weighted by Crippen LogP contribution is -2.27. The molecule has 1 unspecified atom stereocenters. The molecule has 1 aromatic carbocycles. The Morgan fingerprint density at radius 3 is 2.67 bits per heavy atom. The van der Waals surface area contributed by atoms with Crippen LogP contribution in [0.5, 0.6) is 0 Å². The molecule has 1 aliphatic rings. The summed E-state index contributed by atoms with van der Waals surface area (Å²) in [6.45, 7) is 2.08. The Morgan fingerprint density at radius 2 is 2.11 bits per heavy atom. The number of anilines is 1. The Bertz CT molecular complexity index is 602. The van der Waals surface area contributed by atoms with E-state index in [1.807, 2.05) is 25.1 Å². The maximum Gasteiger partial charge on any atom is 0.237 e. The summed E-state index contributed by atoms with van der Waals surface area (Å²) in [6.07, 6.45) is -0.0458. The molecule has 0 radical (unpaired) electrons. The van der Waals surface area contributed by atoms with Crippen molar-refractivity contribution in [1.82, 2.24) is 0 Å². The minimum atomic E-state index is -3.69. The molecular formula is C11H11ClINO3S. The molecule has 1 fully saturated rings. The standard InChI is InChI=1S/C11H11ClINO3S/c1-7-3-2-4-9(11(7)13)14-6-8(5-10(14)15)18(12,16)17/h2-4,8H,5-6H2,1H3. The Morgan fingerprint density at radius 1 is 1.44 bits per heavy atom. The number of halogens is 2. The number of hydrogen-bond acceptors (Lipinski definition) is 3. The lowest BCUT2D eigenvalue weighted by atomic mass is 10.2. The molecule has 0 aromatic heterocycles. The second-order valence-corrected chi connectivity index (χ2v) is 8.20. The number of hydrogen-bond donors (Lipinski definition) is 0. The quantitative estimate of drug-likeness (QED) is 0.566. The van der Waals surface area contributed by atoms with E-state index in [0.29, 0.717) is 0 Å². The highest BCUT2D eigenvalue weighted by Gasteiger charge is 2.38. The molecule has 0 N–H and O–H groups in total. The van der Waals surface area contributed by atoms with E-state index in [0.717, 1.165) is 14.8 Å². The Balaban J connectivity index is 2.36. The first-order chi connectivity index (χ1) is 8.30. The third-order valence-corrected chi connectivity index (χ3v) is 6.22. The number of nitrogens with zero attached hydrogens (tertiary/aromatic N) is 1. The van der Waals surface area contributed by atoms with Crippen LogP contribution in [-0.2, 0) is 13.8 Å². The van der Waals surface area contributed by atoms with Gasteiger partial charge in [0.1, 0.15) is 5.25 Å². The Labute approximate surface area is 124 Å². The highest BCUT2D eigenvalue weighted by molar-refractivity contribution is 14.1. The Hall–Kier alpha value is -0.340. The van der Waals surface area contributed by atoms with E-state index in [1.54, 1.807) is 0 Å². The summed E-state index contributed by atoms with van der Waals surface area (Å²) in [6, 6.07) is 5.61. The Kier molecular flexibility index (Phi) is 3.89. The zero-order chi connectivity index (χ0) is 13.5. The first kappa shape index (κ1) is 14.1. The van der Waals surface area contributed by atoms with Gasteiger partial charge in [-0.15, -0.1) is 0 Å². The van der Waals surface area contributed by atoms with Crippen LogP contribution in [0.15, 0.2) is 18.2 Å². The summed E-state index contributed by atoms with van der Waals surface area (Å²) in [7, 11) is 1.63. The van der Waals surface area contributed by atoms with Crippen LogP contribution in [-0.4, -0.2) is 26.1 Å². The fourth-order valence-electron chi connectivity index (χ4n) is 1.94. The van der Waals surface area contributed by atoms with Gasteiger partial charge in [0.05, 0.1) is 5.69 Å². The van der Waals surface area contributed by atoms with Crippen LogP contribution in [0.3, 0.4) is 0 Å². The summed E-state index contributed by atoms with van der Waals surface area (Å²) in [5.41, 5.74) is 1.81. The van der Waals surface area contributed by atoms with E-state index in [-0.39, 0.29) is 18.9 Å². The van der Waals surface area contributed by atoms with Gasteiger partial charge in [0, 0.05) is 27.2 Å². The van der Waals surface area contributed by atoms with E-state index in [9.17, 15) is 13.2 Å². The maximum absolute atomic E-state index is 11.9. The van der Waals surface area contributed by atoms with Crippen LogP contribution in [0.25, 0.3) is 0 Å². The van der Waals surface area contributed by atoms with Gasteiger partial charge in [0.25, 0.3) is 0 Å². The van der Waals surface area contributed by atoms with Crippen LogP contribution in [0.2, 0.25) is 0 Å². The zero-order valence-electron chi connectivity index (χ0n) is 9.56. The summed E-state index contributed by atoms with van der Waals surface area (Å²) in [5, 5.41) is -0.817. The molecule has 1 amide bonds. The van der Waals surface area contributed by atoms with E-state index in [2.05, 4.69) is 22.6 Å². The van der Waals surface area contributed by atoms with E-state index >= 15 is 0 Å². The van der Waals surface area contributed by atoms with Crippen molar-refractivity contribution >= 4 is 53.9 Å². The number of carbonyl (C=O) groups excluding carboxylic acids is 1. The second-order valence-electron chi connectivity index (χ2n) is 4.21. The third-order valence-electron chi connectivity index (χ3n) is 2.95. The number of benzene rings is 1. The minimum Gasteiger partial charge on any atom is -0.310 e. The fourth-order valence-corrected chi connectivity index (χ4v) is 3.61. The van der Waals surface area contributed by atoms with Crippen LogP contribution in [0.4, 0.5) is 5.69 Å². The summed E-state index contributed by atoms with van der Waals surface area (Å²) in [4.78, 5) is 13.4. The van der Waals surface area contributed by atoms with Gasteiger partial charge in [0.15, 0.2) is 0 Å². The highest BCUT2D eigenvalue weighted by atomic mass is 127. The van der Waals surface area contributed by atoms with E-state index < -0.39 is 14.3 Å². The molecule has 1 saturated heterocycles. The van der Waals surface area contributed by atoms with Crippen LogP contribution < -0.4 is 4.90 Å². The molecule has 0 bridgehead atoms. The van der Waals surface area contributed by atoms with Crippen molar-refractivity contribution in [2.45, 2.75) is 18.6 Å². The normalized spacial score (nSPS) is 20.5. The number of rotatable bonds is 2. The van der Waals surface area contributed by atoms with Gasteiger partial charge in [-0.3, -0.25) is 4.79 Å². The molecule has 0 spiro atoms. The second kappa shape index (κ2) is 4.97.